The summed E-state index contributed by atoms with van der Waals surface area (Å²) in [5.74, 6) is 6.35. The minimum atomic E-state index is 0.370. The topological polar surface area (TPSA) is 75.9 Å². The second kappa shape index (κ2) is 5.79. The van der Waals surface area contributed by atoms with E-state index in [-0.39, 0.29) is 0 Å². The van der Waals surface area contributed by atoms with Gasteiger partial charge in [-0.25, -0.2) is 10.8 Å². The van der Waals surface area contributed by atoms with Crippen LogP contribution in [-0.4, -0.2) is 9.97 Å². The smallest absolute Gasteiger partial charge is 0.239 e. The highest BCUT2D eigenvalue weighted by molar-refractivity contribution is 9.10. The number of hydrogen-bond acceptors (Lipinski definition) is 5. The number of rotatable bonds is 4. The summed E-state index contributed by atoms with van der Waals surface area (Å²) >= 11 is 3.41. The van der Waals surface area contributed by atoms with Gasteiger partial charge in [0.1, 0.15) is 5.82 Å². The Morgan fingerprint density at radius 2 is 2.11 bits per heavy atom. The summed E-state index contributed by atoms with van der Waals surface area (Å²) in [5.41, 5.74) is 4.68. The Bertz CT molecular complexity index is 544. The number of aromatic nitrogens is 2. The highest BCUT2D eigenvalue weighted by Crippen LogP contribution is 2.26. The molecule has 0 amide bonds. The fourth-order valence-electron chi connectivity index (χ4n) is 1.60. The average Bonchev–Trinajstić information content (AvgIpc) is 2.42. The zero-order valence-corrected chi connectivity index (χ0v) is 11.5. The van der Waals surface area contributed by atoms with Crippen LogP contribution in [0.4, 0.5) is 17.5 Å². The number of nitrogen functional groups attached to an aromatic ring is 1. The molecule has 0 aliphatic carbocycles. The first kappa shape index (κ1) is 12.8. The van der Waals surface area contributed by atoms with Crippen LogP contribution in [-0.2, 0) is 6.42 Å². The second-order valence-electron chi connectivity index (χ2n) is 3.67. The van der Waals surface area contributed by atoms with Crippen molar-refractivity contribution in [1.29, 1.82) is 0 Å². The van der Waals surface area contributed by atoms with E-state index in [0.29, 0.717) is 11.8 Å². The summed E-state index contributed by atoms with van der Waals surface area (Å²) in [5, 5.41) is 3.27. The number of para-hydroxylation sites is 1. The number of benzene rings is 1. The molecule has 0 bridgehead atoms. The number of aryl methyl sites for hydroxylation is 1. The van der Waals surface area contributed by atoms with Crippen LogP contribution in [0.25, 0.3) is 0 Å². The molecular formula is C12H14BrN5. The summed E-state index contributed by atoms with van der Waals surface area (Å²) in [6, 6.07) is 8.10. The van der Waals surface area contributed by atoms with E-state index in [4.69, 9.17) is 5.84 Å². The van der Waals surface area contributed by atoms with E-state index in [2.05, 4.69) is 49.6 Å². The summed E-state index contributed by atoms with van der Waals surface area (Å²) in [6.07, 6.45) is 2.60. The molecule has 0 radical (unpaired) electrons. The SMILES string of the molecule is CCc1ccccc1Nc1nc(NN)ncc1Br. The lowest BCUT2D eigenvalue weighted by Crippen LogP contribution is -2.11. The first-order valence-electron chi connectivity index (χ1n) is 5.58. The van der Waals surface area contributed by atoms with Crippen LogP contribution >= 0.6 is 15.9 Å². The van der Waals surface area contributed by atoms with Gasteiger partial charge in [-0.2, -0.15) is 4.98 Å². The molecule has 5 nitrogen and oxygen atoms in total. The molecule has 0 aliphatic heterocycles. The van der Waals surface area contributed by atoms with Gasteiger partial charge in [0, 0.05) is 11.9 Å². The number of nitrogens with two attached hydrogens (primary N) is 1. The Labute approximate surface area is 114 Å². The molecule has 18 heavy (non-hydrogen) atoms. The quantitative estimate of drug-likeness (QED) is 0.598. The van der Waals surface area contributed by atoms with Crippen molar-refractivity contribution in [2.45, 2.75) is 13.3 Å². The minimum Gasteiger partial charge on any atom is -0.339 e. The van der Waals surface area contributed by atoms with Crippen LogP contribution in [0.1, 0.15) is 12.5 Å². The fourth-order valence-corrected chi connectivity index (χ4v) is 1.89. The molecule has 1 heterocycles. The number of nitrogens with one attached hydrogen (secondary N) is 2. The van der Waals surface area contributed by atoms with Gasteiger partial charge in [-0.05, 0) is 34.0 Å². The Kier molecular flexibility index (Phi) is 4.11. The van der Waals surface area contributed by atoms with Crippen molar-refractivity contribution >= 4 is 33.4 Å². The lowest BCUT2D eigenvalue weighted by atomic mass is 10.1. The van der Waals surface area contributed by atoms with Gasteiger partial charge >= 0.3 is 0 Å². The van der Waals surface area contributed by atoms with Gasteiger partial charge in [-0.3, -0.25) is 5.43 Å². The zero-order valence-electron chi connectivity index (χ0n) is 9.94. The van der Waals surface area contributed by atoms with Crippen molar-refractivity contribution in [1.82, 2.24) is 9.97 Å². The standard InChI is InChI=1S/C12H14BrN5/c1-2-8-5-3-4-6-10(8)16-11-9(13)7-15-12(17-11)18-14/h3-7H,2,14H2,1H3,(H2,15,16,17,18). The Morgan fingerprint density at radius 1 is 1.33 bits per heavy atom. The zero-order chi connectivity index (χ0) is 13.0. The van der Waals surface area contributed by atoms with Crippen LogP contribution in [0.3, 0.4) is 0 Å². The van der Waals surface area contributed by atoms with Crippen molar-refractivity contribution < 1.29 is 0 Å². The molecule has 0 aliphatic rings. The molecule has 0 saturated heterocycles. The van der Waals surface area contributed by atoms with E-state index in [0.717, 1.165) is 16.6 Å². The number of hydrazine groups is 1. The maximum atomic E-state index is 5.30. The predicted octanol–water partition coefficient (Wildman–Crippen LogP) is 2.83. The summed E-state index contributed by atoms with van der Waals surface area (Å²) in [7, 11) is 0. The molecule has 0 unspecified atom stereocenters. The van der Waals surface area contributed by atoms with Gasteiger partial charge in [0.05, 0.1) is 4.47 Å². The van der Waals surface area contributed by atoms with Crippen molar-refractivity contribution in [3.63, 3.8) is 0 Å². The fraction of sp³-hybridized carbons (Fsp3) is 0.167. The van der Waals surface area contributed by atoms with Gasteiger partial charge in [-0.15, -0.1) is 0 Å². The van der Waals surface area contributed by atoms with Gasteiger partial charge in [0.15, 0.2) is 0 Å². The Balaban J connectivity index is 2.33. The molecule has 0 spiro atoms. The first-order valence-corrected chi connectivity index (χ1v) is 6.38. The van der Waals surface area contributed by atoms with E-state index in [9.17, 15) is 0 Å². The highest BCUT2D eigenvalue weighted by Gasteiger charge is 2.06. The molecule has 0 atom stereocenters. The maximum Gasteiger partial charge on any atom is 0.239 e. The lowest BCUT2D eigenvalue weighted by Gasteiger charge is -2.11. The number of nitrogens with zero attached hydrogens (tertiary/aromatic N) is 2. The predicted molar refractivity (Wildman–Crippen MR) is 76.6 cm³/mol. The molecule has 0 fully saturated rings. The van der Waals surface area contributed by atoms with Gasteiger partial charge in [0.2, 0.25) is 5.95 Å². The van der Waals surface area contributed by atoms with Crippen LogP contribution < -0.4 is 16.6 Å². The molecule has 6 heteroatoms. The molecule has 1 aromatic heterocycles. The summed E-state index contributed by atoms with van der Waals surface area (Å²) in [6.45, 7) is 2.11. The van der Waals surface area contributed by atoms with E-state index < -0.39 is 0 Å². The summed E-state index contributed by atoms with van der Waals surface area (Å²) in [4.78, 5) is 8.26. The van der Waals surface area contributed by atoms with E-state index in [1.807, 2.05) is 18.2 Å². The molecule has 0 saturated carbocycles. The molecule has 2 aromatic rings. The van der Waals surface area contributed by atoms with E-state index in [1.165, 1.54) is 5.56 Å². The molecule has 94 valence electrons. The average molecular weight is 308 g/mol. The van der Waals surface area contributed by atoms with Crippen LogP contribution in [0, 0.1) is 0 Å². The second-order valence-corrected chi connectivity index (χ2v) is 4.52. The largest absolute Gasteiger partial charge is 0.339 e. The van der Waals surface area contributed by atoms with E-state index in [1.54, 1.807) is 6.20 Å². The highest BCUT2D eigenvalue weighted by atomic mass is 79.9. The molecule has 2 rings (SSSR count). The normalized spacial score (nSPS) is 10.2. The number of halogens is 1. The van der Waals surface area contributed by atoms with Gasteiger partial charge in [0.25, 0.3) is 0 Å². The molecular weight excluding hydrogens is 294 g/mol. The number of hydrogen-bond donors (Lipinski definition) is 3. The van der Waals surface area contributed by atoms with Crippen LogP contribution in [0.5, 0.6) is 0 Å². The third-order valence-electron chi connectivity index (χ3n) is 2.52. The van der Waals surface area contributed by atoms with Gasteiger partial charge in [-0.1, -0.05) is 25.1 Å². The van der Waals surface area contributed by atoms with Crippen molar-refractivity contribution in [3.05, 3.63) is 40.5 Å². The Hall–Kier alpha value is -1.66. The monoisotopic (exact) mass is 307 g/mol. The first-order chi connectivity index (χ1) is 8.74. The van der Waals surface area contributed by atoms with E-state index >= 15 is 0 Å². The lowest BCUT2D eigenvalue weighted by molar-refractivity contribution is 1.10. The van der Waals surface area contributed by atoms with Crippen LogP contribution in [0.2, 0.25) is 0 Å². The minimum absolute atomic E-state index is 0.370. The molecule has 4 N–H and O–H groups in total. The third kappa shape index (κ3) is 2.77. The summed E-state index contributed by atoms with van der Waals surface area (Å²) < 4.78 is 0.785. The van der Waals surface area contributed by atoms with Gasteiger partial charge < -0.3 is 5.32 Å². The molecule has 1 aromatic carbocycles. The maximum absolute atomic E-state index is 5.30. The van der Waals surface area contributed by atoms with Crippen molar-refractivity contribution in [3.8, 4) is 0 Å². The number of anilines is 3. The third-order valence-corrected chi connectivity index (χ3v) is 3.10. The van der Waals surface area contributed by atoms with Crippen LogP contribution in [0.15, 0.2) is 34.9 Å². The van der Waals surface area contributed by atoms with Crippen molar-refractivity contribution in [2.24, 2.45) is 5.84 Å². The Morgan fingerprint density at radius 3 is 2.83 bits per heavy atom. The van der Waals surface area contributed by atoms with Crippen molar-refractivity contribution in [2.75, 3.05) is 10.7 Å².